The number of nitrogens with one attached hydrogen (secondary N) is 1. The maximum atomic E-state index is 13.2. The van der Waals surface area contributed by atoms with Gasteiger partial charge in [-0.05, 0) is 25.5 Å². The van der Waals surface area contributed by atoms with Crippen LogP contribution < -0.4 is 11.1 Å². The molecule has 3 N–H and O–H groups in total. The summed E-state index contributed by atoms with van der Waals surface area (Å²) in [7, 11) is 0. The molecule has 2 heterocycles. The van der Waals surface area contributed by atoms with Crippen LogP contribution in [0.1, 0.15) is 12.8 Å². The predicted octanol–water partition coefficient (Wildman–Crippen LogP) is 2.34. The van der Waals surface area contributed by atoms with Crippen molar-refractivity contribution >= 4 is 23.0 Å². The summed E-state index contributed by atoms with van der Waals surface area (Å²) in [4.78, 5) is 2.48. The highest BCUT2D eigenvalue weighted by molar-refractivity contribution is 6.31. The Balaban J connectivity index is 1.58. The van der Waals surface area contributed by atoms with Crippen molar-refractivity contribution in [3.05, 3.63) is 23.0 Å². The number of fused-ring (bicyclic) bond motifs is 1. The molecule has 0 radical (unpaired) electrons. The molecule has 0 bridgehead atoms. The molecule has 110 valence electrons. The second kappa shape index (κ2) is 5.76. The Morgan fingerprint density at radius 1 is 1.50 bits per heavy atom. The fourth-order valence-corrected chi connectivity index (χ4v) is 3.11. The van der Waals surface area contributed by atoms with E-state index >= 15 is 0 Å². The molecule has 0 aromatic heterocycles. The first kappa shape index (κ1) is 13.9. The first-order valence-electron chi connectivity index (χ1n) is 6.97. The van der Waals surface area contributed by atoms with Crippen LogP contribution in [0.3, 0.4) is 0 Å². The zero-order chi connectivity index (χ0) is 14.1. The highest BCUT2D eigenvalue weighted by Gasteiger charge is 2.31. The molecule has 1 aromatic rings. The van der Waals surface area contributed by atoms with Crippen LogP contribution in [-0.2, 0) is 4.74 Å². The maximum absolute atomic E-state index is 13.2. The van der Waals surface area contributed by atoms with Gasteiger partial charge in [0.05, 0.1) is 29.1 Å². The minimum atomic E-state index is -0.497. The summed E-state index contributed by atoms with van der Waals surface area (Å²) in [6, 6.07) is 3.35. The second-order valence-corrected chi connectivity index (χ2v) is 5.89. The van der Waals surface area contributed by atoms with E-state index in [1.54, 1.807) is 0 Å². The minimum absolute atomic E-state index is 0.0749. The number of nitrogens with two attached hydrogens (primary N) is 1. The molecular formula is C14H19ClFN3O. The number of rotatable bonds is 3. The molecule has 2 unspecified atom stereocenters. The molecule has 2 atom stereocenters. The summed E-state index contributed by atoms with van der Waals surface area (Å²) in [6.45, 7) is 3.54. The number of halogens is 2. The van der Waals surface area contributed by atoms with E-state index in [9.17, 15) is 4.39 Å². The molecule has 3 rings (SSSR count). The topological polar surface area (TPSA) is 50.5 Å². The maximum Gasteiger partial charge on any atom is 0.143 e. The van der Waals surface area contributed by atoms with Crippen molar-refractivity contribution in [1.82, 2.24) is 4.90 Å². The SMILES string of the molecule is Nc1cc(F)c(Cl)cc1NCC1CN2CCCC2CO1. The molecule has 20 heavy (non-hydrogen) atoms. The van der Waals surface area contributed by atoms with E-state index in [1.807, 2.05) is 0 Å². The number of nitrogen functional groups attached to an aromatic ring is 1. The van der Waals surface area contributed by atoms with Gasteiger partial charge in [-0.2, -0.15) is 0 Å². The Morgan fingerprint density at radius 2 is 2.35 bits per heavy atom. The van der Waals surface area contributed by atoms with Crippen LogP contribution in [0, 0.1) is 5.82 Å². The summed E-state index contributed by atoms with van der Waals surface area (Å²) in [5.41, 5.74) is 6.80. The smallest absolute Gasteiger partial charge is 0.143 e. The van der Waals surface area contributed by atoms with Gasteiger partial charge in [0.25, 0.3) is 0 Å². The third-order valence-corrected chi connectivity index (χ3v) is 4.36. The summed E-state index contributed by atoms with van der Waals surface area (Å²) < 4.78 is 19.1. The van der Waals surface area contributed by atoms with Gasteiger partial charge in [-0.25, -0.2) is 4.39 Å². The Morgan fingerprint density at radius 3 is 3.20 bits per heavy atom. The lowest BCUT2D eigenvalue weighted by atomic mass is 10.2. The normalized spacial score (nSPS) is 26.5. The van der Waals surface area contributed by atoms with Gasteiger partial charge in [-0.3, -0.25) is 4.90 Å². The summed E-state index contributed by atoms with van der Waals surface area (Å²) in [5, 5.41) is 3.28. The number of nitrogens with zero attached hydrogens (tertiary/aromatic N) is 1. The molecule has 6 heteroatoms. The Bertz CT molecular complexity index is 500. The molecule has 4 nitrogen and oxygen atoms in total. The molecule has 1 aromatic carbocycles. The average molecular weight is 300 g/mol. The van der Waals surface area contributed by atoms with E-state index in [0.29, 0.717) is 24.0 Å². The van der Waals surface area contributed by atoms with E-state index < -0.39 is 5.82 Å². The Kier molecular flexibility index (Phi) is 4.01. The average Bonchev–Trinajstić information content (AvgIpc) is 2.89. The van der Waals surface area contributed by atoms with Gasteiger partial charge in [0.15, 0.2) is 0 Å². The predicted molar refractivity (Wildman–Crippen MR) is 78.6 cm³/mol. The van der Waals surface area contributed by atoms with Crippen molar-refractivity contribution in [2.75, 3.05) is 37.3 Å². The summed E-state index contributed by atoms with van der Waals surface area (Å²) >= 11 is 5.77. The largest absolute Gasteiger partial charge is 0.397 e. The van der Waals surface area contributed by atoms with Crippen molar-refractivity contribution in [1.29, 1.82) is 0 Å². The van der Waals surface area contributed by atoms with Crippen molar-refractivity contribution in [2.24, 2.45) is 0 Å². The number of anilines is 2. The van der Waals surface area contributed by atoms with Gasteiger partial charge in [0.2, 0.25) is 0 Å². The zero-order valence-corrected chi connectivity index (χ0v) is 12.0. The van der Waals surface area contributed by atoms with Gasteiger partial charge >= 0.3 is 0 Å². The van der Waals surface area contributed by atoms with Crippen LogP contribution in [0.2, 0.25) is 5.02 Å². The molecule has 0 saturated carbocycles. The monoisotopic (exact) mass is 299 g/mol. The summed E-state index contributed by atoms with van der Waals surface area (Å²) in [5.74, 6) is -0.497. The summed E-state index contributed by atoms with van der Waals surface area (Å²) in [6.07, 6.45) is 2.63. The van der Waals surface area contributed by atoms with Crippen LogP contribution in [0.15, 0.2) is 12.1 Å². The fourth-order valence-electron chi connectivity index (χ4n) is 2.95. The van der Waals surface area contributed by atoms with Crippen LogP contribution in [0.5, 0.6) is 0 Å². The van der Waals surface area contributed by atoms with Crippen LogP contribution >= 0.6 is 11.6 Å². The fraction of sp³-hybridized carbons (Fsp3) is 0.571. The van der Waals surface area contributed by atoms with E-state index in [1.165, 1.54) is 25.0 Å². The Labute approximate surface area is 123 Å². The molecular weight excluding hydrogens is 281 g/mol. The number of benzene rings is 1. The third kappa shape index (κ3) is 2.85. The van der Waals surface area contributed by atoms with Crippen LogP contribution in [-0.4, -0.2) is 43.3 Å². The van der Waals surface area contributed by atoms with Crippen molar-refractivity contribution in [2.45, 2.75) is 25.0 Å². The highest BCUT2D eigenvalue weighted by Crippen LogP contribution is 2.27. The van der Waals surface area contributed by atoms with Crippen LogP contribution in [0.4, 0.5) is 15.8 Å². The first-order chi connectivity index (χ1) is 9.63. The van der Waals surface area contributed by atoms with Gasteiger partial charge in [0.1, 0.15) is 5.82 Å². The van der Waals surface area contributed by atoms with Crippen LogP contribution in [0.25, 0.3) is 0 Å². The lowest BCUT2D eigenvalue weighted by Crippen LogP contribution is -2.48. The van der Waals surface area contributed by atoms with Crippen molar-refractivity contribution in [3.8, 4) is 0 Å². The molecule has 2 aliphatic rings. The lowest BCUT2D eigenvalue weighted by Gasteiger charge is -2.35. The van der Waals surface area contributed by atoms with Gasteiger partial charge in [-0.1, -0.05) is 11.6 Å². The number of morpholine rings is 1. The molecule has 0 aliphatic carbocycles. The molecule has 2 aliphatic heterocycles. The van der Waals surface area contributed by atoms with E-state index in [0.717, 1.165) is 19.7 Å². The lowest BCUT2D eigenvalue weighted by molar-refractivity contribution is -0.0415. The van der Waals surface area contributed by atoms with Crippen molar-refractivity contribution < 1.29 is 9.13 Å². The molecule has 2 fully saturated rings. The zero-order valence-electron chi connectivity index (χ0n) is 11.2. The standard InChI is InChI=1S/C14H19ClFN3O/c15-11-4-14(13(17)5-12(11)16)18-6-10-7-19-3-1-2-9(19)8-20-10/h4-5,9-10,18H,1-3,6-8,17H2. The molecule has 2 saturated heterocycles. The van der Waals surface area contributed by atoms with Gasteiger partial charge in [0, 0.05) is 25.2 Å². The minimum Gasteiger partial charge on any atom is -0.397 e. The first-order valence-corrected chi connectivity index (χ1v) is 7.35. The van der Waals surface area contributed by atoms with E-state index in [4.69, 9.17) is 22.1 Å². The number of ether oxygens (including phenoxy) is 1. The van der Waals surface area contributed by atoms with Gasteiger partial charge < -0.3 is 15.8 Å². The number of hydrogen-bond acceptors (Lipinski definition) is 4. The second-order valence-electron chi connectivity index (χ2n) is 5.48. The molecule has 0 spiro atoms. The van der Waals surface area contributed by atoms with E-state index in [2.05, 4.69) is 10.2 Å². The van der Waals surface area contributed by atoms with Crippen molar-refractivity contribution in [3.63, 3.8) is 0 Å². The highest BCUT2D eigenvalue weighted by atomic mass is 35.5. The number of hydrogen-bond donors (Lipinski definition) is 2. The quantitative estimate of drug-likeness (QED) is 0.841. The molecule has 0 amide bonds. The van der Waals surface area contributed by atoms with E-state index in [-0.39, 0.29) is 11.1 Å². The van der Waals surface area contributed by atoms with Gasteiger partial charge in [-0.15, -0.1) is 0 Å². The Hall–Kier alpha value is -1.04. The third-order valence-electron chi connectivity index (χ3n) is 4.07.